The summed E-state index contributed by atoms with van der Waals surface area (Å²) in [6.45, 7) is 1.30. The van der Waals surface area contributed by atoms with Gasteiger partial charge < -0.3 is 10.5 Å². The van der Waals surface area contributed by atoms with Crippen LogP contribution in [0.15, 0.2) is 29.2 Å². The maximum atomic E-state index is 12.3. The molecule has 5 nitrogen and oxygen atoms in total. The summed E-state index contributed by atoms with van der Waals surface area (Å²) in [5.74, 6) is 0. The van der Waals surface area contributed by atoms with E-state index >= 15 is 0 Å². The highest BCUT2D eigenvalue weighted by atomic mass is 16.5. The zero-order valence-electron chi connectivity index (χ0n) is 10.7. The van der Waals surface area contributed by atoms with Gasteiger partial charge in [0.15, 0.2) is 0 Å². The lowest BCUT2D eigenvalue weighted by Gasteiger charge is -2.22. The SMILES string of the molecule is Nc1ccc2cnn(CC3CCCCO3)c(=O)c2c1. The van der Waals surface area contributed by atoms with Gasteiger partial charge in [-0.25, -0.2) is 4.68 Å². The molecule has 0 bridgehead atoms. The van der Waals surface area contributed by atoms with Gasteiger partial charge in [0, 0.05) is 17.7 Å². The molecule has 1 fully saturated rings. The van der Waals surface area contributed by atoms with Crippen LogP contribution < -0.4 is 11.3 Å². The van der Waals surface area contributed by atoms with Crippen LogP contribution in [0.3, 0.4) is 0 Å². The summed E-state index contributed by atoms with van der Waals surface area (Å²) in [6.07, 6.45) is 5.05. The van der Waals surface area contributed by atoms with Crippen LogP contribution in [0.1, 0.15) is 19.3 Å². The topological polar surface area (TPSA) is 70.1 Å². The Labute approximate surface area is 111 Å². The Morgan fingerprint density at radius 1 is 1.42 bits per heavy atom. The lowest BCUT2D eigenvalue weighted by Crippen LogP contribution is -2.32. The van der Waals surface area contributed by atoms with Crippen LogP contribution in [0, 0.1) is 0 Å². The summed E-state index contributed by atoms with van der Waals surface area (Å²) >= 11 is 0. The van der Waals surface area contributed by atoms with Gasteiger partial charge in [0.1, 0.15) is 0 Å². The number of hydrogen-bond acceptors (Lipinski definition) is 4. The van der Waals surface area contributed by atoms with Crippen molar-refractivity contribution in [2.45, 2.75) is 31.9 Å². The Morgan fingerprint density at radius 2 is 2.32 bits per heavy atom. The van der Waals surface area contributed by atoms with E-state index in [1.807, 2.05) is 6.07 Å². The van der Waals surface area contributed by atoms with E-state index in [9.17, 15) is 4.79 Å². The lowest BCUT2D eigenvalue weighted by atomic mass is 10.1. The zero-order valence-corrected chi connectivity index (χ0v) is 10.7. The molecule has 100 valence electrons. The van der Waals surface area contributed by atoms with Crippen molar-refractivity contribution in [1.29, 1.82) is 0 Å². The summed E-state index contributed by atoms with van der Waals surface area (Å²) in [6, 6.07) is 5.30. The standard InChI is InChI=1S/C14H17N3O2/c15-11-5-4-10-8-16-17(14(18)13(10)7-11)9-12-3-1-2-6-19-12/h4-5,7-8,12H,1-3,6,9,15H2. The van der Waals surface area contributed by atoms with Crippen molar-refractivity contribution in [2.24, 2.45) is 0 Å². The van der Waals surface area contributed by atoms with Crippen molar-refractivity contribution in [2.75, 3.05) is 12.3 Å². The monoisotopic (exact) mass is 259 g/mol. The summed E-state index contributed by atoms with van der Waals surface area (Å²) in [5.41, 5.74) is 6.23. The molecule has 1 aromatic carbocycles. The number of nitrogens with two attached hydrogens (primary N) is 1. The Morgan fingerprint density at radius 3 is 3.11 bits per heavy atom. The number of nitrogens with zero attached hydrogens (tertiary/aromatic N) is 2. The molecule has 19 heavy (non-hydrogen) atoms. The van der Waals surface area contributed by atoms with Crippen LogP contribution in [-0.2, 0) is 11.3 Å². The number of hydrogen-bond donors (Lipinski definition) is 1. The summed E-state index contributed by atoms with van der Waals surface area (Å²) < 4.78 is 7.13. The van der Waals surface area contributed by atoms with Gasteiger partial charge in [-0.2, -0.15) is 5.10 Å². The minimum atomic E-state index is -0.0982. The van der Waals surface area contributed by atoms with E-state index in [0.717, 1.165) is 31.3 Å². The first-order valence-electron chi connectivity index (χ1n) is 6.61. The summed E-state index contributed by atoms with van der Waals surface area (Å²) in [5, 5.41) is 5.65. The third kappa shape index (κ3) is 2.46. The van der Waals surface area contributed by atoms with Crippen LogP contribution in [0.5, 0.6) is 0 Å². The van der Waals surface area contributed by atoms with E-state index in [-0.39, 0.29) is 11.7 Å². The van der Waals surface area contributed by atoms with Crippen LogP contribution in [-0.4, -0.2) is 22.5 Å². The smallest absolute Gasteiger partial charge is 0.274 e. The van der Waals surface area contributed by atoms with Gasteiger partial charge in [0.05, 0.1) is 24.2 Å². The highest BCUT2D eigenvalue weighted by Gasteiger charge is 2.16. The maximum absolute atomic E-state index is 12.3. The zero-order chi connectivity index (χ0) is 13.2. The minimum Gasteiger partial charge on any atom is -0.399 e. The number of nitrogen functional groups attached to an aromatic ring is 1. The normalized spacial score (nSPS) is 19.7. The number of aromatic nitrogens is 2. The number of fused-ring (bicyclic) bond motifs is 1. The van der Waals surface area contributed by atoms with Crippen molar-refractivity contribution < 1.29 is 4.74 Å². The predicted molar refractivity (Wildman–Crippen MR) is 74.0 cm³/mol. The van der Waals surface area contributed by atoms with Crippen LogP contribution in [0.2, 0.25) is 0 Å². The van der Waals surface area contributed by atoms with Crippen molar-refractivity contribution in [1.82, 2.24) is 9.78 Å². The van der Waals surface area contributed by atoms with Gasteiger partial charge in [-0.3, -0.25) is 4.79 Å². The molecule has 1 atom stereocenters. The number of anilines is 1. The van der Waals surface area contributed by atoms with Crippen molar-refractivity contribution in [3.05, 3.63) is 34.7 Å². The molecular weight excluding hydrogens is 242 g/mol. The second kappa shape index (κ2) is 5.01. The first-order chi connectivity index (χ1) is 9.24. The quantitative estimate of drug-likeness (QED) is 0.831. The number of ether oxygens (including phenoxy) is 1. The van der Waals surface area contributed by atoms with Crippen molar-refractivity contribution in [3.63, 3.8) is 0 Å². The Balaban J connectivity index is 1.95. The number of benzene rings is 1. The Bertz CT molecular complexity index is 645. The average Bonchev–Trinajstić information content (AvgIpc) is 2.44. The Hall–Kier alpha value is -1.88. The molecule has 1 aliphatic heterocycles. The van der Waals surface area contributed by atoms with Gasteiger partial charge >= 0.3 is 0 Å². The predicted octanol–water partition coefficient (Wildman–Crippen LogP) is 1.55. The van der Waals surface area contributed by atoms with Crippen LogP contribution >= 0.6 is 0 Å². The second-order valence-corrected chi connectivity index (χ2v) is 4.97. The fourth-order valence-electron chi connectivity index (χ4n) is 2.47. The van der Waals surface area contributed by atoms with Crippen molar-refractivity contribution >= 4 is 16.5 Å². The Kier molecular flexibility index (Phi) is 3.21. The molecule has 1 aliphatic rings. The van der Waals surface area contributed by atoms with Gasteiger partial charge in [-0.1, -0.05) is 6.07 Å². The molecule has 0 aliphatic carbocycles. The molecule has 3 rings (SSSR count). The first kappa shape index (κ1) is 12.2. The summed E-state index contributed by atoms with van der Waals surface area (Å²) in [7, 11) is 0. The average molecular weight is 259 g/mol. The van der Waals surface area contributed by atoms with Gasteiger partial charge in [-0.15, -0.1) is 0 Å². The minimum absolute atomic E-state index is 0.0949. The second-order valence-electron chi connectivity index (χ2n) is 4.97. The molecule has 2 aromatic rings. The van der Waals surface area contributed by atoms with E-state index in [4.69, 9.17) is 10.5 Å². The molecule has 0 saturated carbocycles. The molecule has 1 saturated heterocycles. The van der Waals surface area contributed by atoms with E-state index in [0.29, 0.717) is 17.6 Å². The molecule has 1 unspecified atom stereocenters. The third-order valence-corrected chi connectivity index (χ3v) is 3.53. The van der Waals surface area contributed by atoms with E-state index < -0.39 is 0 Å². The molecule has 2 heterocycles. The van der Waals surface area contributed by atoms with Crippen molar-refractivity contribution in [3.8, 4) is 0 Å². The van der Waals surface area contributed by atoms with E-state index in [2.05, 4.69) is 5.10 Å². The molecule has 0 spiro atoms. The molecule has 0 radical (unpaired) electrons. The molecule has 5 heteroatoms. The van der Waals surface area contributed by atoms with E-state index in [1.54, 1.807) is 18.3 Å². The molecular formula is C14H17N3O2. The first-order valence-corrected chi connectivity index (χ1v) is 6.61. The van der Waals surface area contributed by atoms with Crippen LogP contribution in [0.4, 0.5) is 5.69 Å². The van der Waals surface area contributed by atoms with Gasteiger partial charge in [0.2, 0.25) is 0 Å². The fraction of sp³-hybridized carbons (Fsp3) is 0.429. The molecule has 0 amide bonds. The fourth-order valence-corrected chi connectivity index (χ4v) is 2.47. The van der Waals surface area contributed by atoms with E-state index in [1.165, 1.54) is 4.68 Å². The number of rotatable bonds is 2. The van der Waals surface area contributed by atoms with Gasteiger partial charge in [0.25, 0.3) is 5.56 Å². The highest BCUT2D eigenvalue weighted by Crippen LogP contribution is 2.15. The maximum Gasteiger partial charge on any atom is 0.274 e. The third-order valence-electron chi connectivity index (χ3n) is 3.53. The largest absolute Gasteiger partial charge is 0.399 e. The van der Waals surface area contributed by atoms with Gasteiger partial charge in [-0.05, 0) is 31.4 Å². The highest BCUT2D eigenvalue weighted by molar-refractivity contribution is 5.83. The summed E-state index contributed by atoms with van der Waals surface area (Å²) in [4.78, 5) is 12.3. The lowest BCUT2D eigenvalue weighted by molar-refractivity contribution is 0.00326. The molecule has 1 aromatic heterocycles. The molecule has 2 N–H and O–H groups in total. The van der Waals surface area contributed by atoms with Crippen LogP contribution in [0.25, 0.3) is 10.8 Å².